The molecule has 0 radical (unpaired) electrons. The van der Waals surface area contributed by atoms with Crippen molar-refractivity contribution in [1.82, 2.24) is 4.81 Å². The number of morpholine rings is 1. The van der Waals surface area contributed by atoms with Gasteiger partial charge < -0.3 is 19.7 Å². The maximum absolute atomic E-state index is 9.18. The minimum absolute atomic E-state index is 0.0310. The third-order valence-corrected chi connectivity index (χ3v) is 1.90. The van der Waals surface area contributed by atoms with Gasteiger partial charge in [-0.25, -0.2) is 0 Å². The third-order valence-electron chi connectivity index (χ3n) is 1.90. The predicted octanol–water partition coefficient (Wildman–Crippen LogP) is -1.21. The van der Waals surface area contributed by atoms with Crippen molar-refractivity contribution in [3.05, 3.63) is 0 Å². The van der Waals surface area contributed by atoms with Crippen LogP contribution < -0.4 is 0 Å². The first-order valence-corrected chi connectivity index (χ1v) is 3.88. The highest BCUT2D eigenvalue weighted by atomic mass is 16.5. The Balaban J connectivity index is 2.33. The van der Waals surface area contributed by atoms with Crippen LogP contribution in [0, 0.1) is 0 Å². The summed E-state index contributed by atoms with van der Waals surface area (Å²) < 4.78 is 5.20. The summed E-state index contributed by atoms with van der Waals surface area (Å²) in [6.07, 6.45) is -0.127. The first kappa shape index (κ1) is 9.00. The van der Waals surface area contributed by atoms with Crippen LogP contribution in [0.15, 0.2) is 0 Å². The summed E-state index contributed by atoms with van der Waals surface area (Å²) in [6.45, 7) is 3.71. The molecule has 5 heteroatoms. The second-order valence-corrected chi connectivity index (χ2v) is 2.80. The number of ether oxygens (including phenoxy) is 1. The summed E-state index contributed by atoms with van der Waals surface area (Å²) in [5.74, 6) is 0. The average Bonchev–Trinajstić information content (AvgIpc) is 2.05. The van der Waals surface area contributed by atoms with Gasteiger partial charge in [-0.2, -0.15) is 0 Å². The molecule has 1 saturated heterocycles. The zero-order valence-corrected chi connectivity index (χ0v) is 6.73. The van der Waals surface area contributed by atoms with Crippen LogP contribution in [0.3, 0.4) is 0 Å². The highest BCUT2D eigenvalue weighted by molar-refractivity contribution is 6.45. The van der Waals surface area contributed by atoms with Gasteiger partial charge in [0.15, 0.2) is 0 Å². The Labute approximate surface area is 66.9 Å². The van der Waals surface area contributed by atoms with Crippen LogP contribution in [0.25, 0.3) is 0 Å². The molecule has 0 aromatic carbocycles. The molecule has 4 nitrogen and oxygen atoms in total. The number of nitrogens with zero attached hydrogens (tertiary/aromatic N) is 1. The van der Waals surface area contributed by atoms with E-state index in [-0.39, 0.29) is 12.7 Å². The van der Waals surface area contributed by atoms with E-state index >= 15 is 0 Å². The molecule has 1 fully saturated rings. The van der Waals surface area contributed by atoms with Crippen molar-refractivity contribution in [2.24, 2.45) is 0 Å². The van der Waals surface area contributed by atoms with Crippen molar-refractivity contribution in [2.75, 3.05) is 26.3 Å². The number of aliphatic hydroxyl groups excluding tert-OH is 1. The monoisotopic (exact) mass is 159 g/mol. The maximum Gasteiger partial charge on any atom is 0.376 e. The number of aliphatic hydroxyl groups is 1. The molecule has 0 aliphatic carbocycles. The molecule has 1 rings (SSSR count). The Morgan fingerprint density at radius 2 is 2.45 bits per heavy atom. The Morgan fingerprint density at radius 1 is 1.73 bits per heavy atom. The summed E-state index contributed by atoms with van der Waals surface area (Å²) in [5, 5.41) is 17.9. The number of rotatable bonds is 2. The van der Waals surface area contributed by atoms with Gasteiger partial charge in [0, 0.05) is 13.1 Å². The van der Waals surface area contributed by atoms with Crippen molar-refractivity contribution in [2.45, 2.75) is 12.9 Å². The summed E-state index contributed by atoms with van der Waals surface area (Å²) in [5.41, 5.74) is 0. The molecule has 1 atom stereocenters. The largest absolute Gasteiger partial charge is 0.437 e. The van der Waals surface area contributed by atoms with Crippen LogP contribution >= 0.6 is 0 Å². The molecule has 1 aliphatic rings. The van der Waals surface area contributed by atoms with Gasteiger partial charge in [0.1, 0.15) is 0 Å². The van der Waals surface area contributed by atoms with Crippen LogP contribution in [0.1, 0.15) is 0 Å². The molecule has 64 valence electrons. The van der Waals surface area contributed by atoms with Crippen LogP contribution in [-0.4, -0.2) is 54.4 Å². The lowest BCUT2D eigenvalue weighted by atomic mass is 9.84. The molecule has 0 amide bonds. The van der Waals surface area contributed by atoms with E-state index < -0.39 is 7.05 Å². The Morgan fingerprint density at radius 3 is 3.00 bits per heavy atom. The lowest BCUT2D eigenvalue weighted by Gasteiger charge is -2.32. The van der Waals surface area contributed by atoms with Crippen LogP contribution in [0.2, 0.25) is 6.82 Å². The lowest BCUT2D eigenvalue weighted by molar-refractivity contribution is -0.0348. The van der Waals surface area contributed by atoms with Crippen LogP contribution in [0.4, 0.5) is 0 Å². The molecule has 0 bridgehead atoms. The van der Waals surface area contributed by atoms with Gasteiger partial charge in [-0.3, -0.25) is 0 Å². The van der Waals surface area contributed by atoms with E-state index in [9.17, 15) is 5.02 Å². The predicted molar refractivity (Wildman–Crippen MR) is 42.2 cm³/mol. The Hall–Kier alpha value is -0.0951. The zero-order chi connectivity index (χ0) is 8.27. The molecule has 0 spiro atoms. The smallest absolute Gasteiger partial charge is 0.376 e. The molecule has 1 aliphatic heterocycles. The van der Waals surface area contributed by atoms with Crippen LogP contribution in [0.5, 0.6) is 0 Å². The minimum atomic E-state index is -0.437. The fourth-order valence-corrected chi connectivity index (χ4v) is 1.19. The molecular formula is C6H14BNO3. The molecule has 2 N–H and O–H groups in total. The fraction of sp³-hybridized carbons (Fsp3) is 1.00. The normalized spacial score (nSPS) is 27.0. The second kappa shape index (κ2) is 4.06. The topological polar surface area (TPSA) is 52.9 Å². The fourth-order valence-electron chi connectivity index (χ4n) is 1.19. The molecule has 0 saturated carbocycles. The Kier molecular flexibility index (Phi) is 3.32. The van der Waals surface area contributed by atoms with Crippen LogP contribution in [-0.2, 0) is 4.74 Å². The van der Waals surface area contributed by atoms with E-state index in [2.05, 4.69) is 0 Å². The van der Waals surface area contributed by atoms with Gasteiger partial charge >= 0.3 is 7.05 Å². The molecular weight excluding hydrogens is 145 g/mol. The van der Waals surface area contributed by atoms with E-state index in [4.69, 9.17) is 9.84 Å². The standard InChI is InChI=1S/C6H14BNO3/c1-7(10)8-2-3-11-6(4-8)5-9/h6,9-10H,2-5H2,1H3/t6-/m1/s1. The SMILES string of the molecule is CB(O)N1CCO[C@@H](CO)C1. The zero-order valence-electron chi connectivity index (χ0n) is 6.73. The van der Waals surface area contributed by atoms with E-state index in [0.29, 0.717) is 13.2 Å². The van der Waals surface area contributed by atoms with Crippen molar-refractivity contribution in [3.8, 4) is 0 Å². The first-order valence-electron chi connectivity index (χ1n) is 3.88. The summed E-state index contributed by atoms with van der Waals surface area (Å²) >= 11 is 0. The highest BCUT2D eigenvalue weighted by Gasteiger charge is 2.24. The molecule has 0 aromatic rings. The average molecular weight is 159 g/mol. The lowest BCUT2D eigenvalue weighted by Crippen LogP contribution is -2.50. The quantitative estimate of drug-likeness (QED) is 0.496. The Bertz CT molecular complexity index is 122. The number of hydrogen-bond acceptors (Lipinski definition) is 4. The summed E-state index contributed by atoms with van der Waals surface area (Å²) in [6, 6.07) is 0. The molecule has 0 aromatic heterocycles. The second-order valence-electron chi connectivity index (χ2n) is 2.80. The molecule has 0 unspecified atom stereocenters. The van der Waals surface area contributed by atoms with E-state index in [1.807, 2.05) is 4.81 Å². The summed E-state index contributed by atoms with van der Waals surface area (Å²) in [7, 11) is -0.437. The van der Waals surface area contributed by atoms with E-state index in [1.165, 1.54) is 0 Å². The maximum atomic E-state index is 9.18. The van der Waals surface area contributed by atoms with Crippen molar-refractivity contribution >= 4 is 7.05 Å². The first-order chi connectivity index (χ1) is 5.24. The summed E-state index contributed by atoms with van der Waals surface area (Å²) in [4.78, 5) is 1.88. The van der Waals surface area contributed by atoms with Crippen molar-refractivity contribution in [3.63, 3.8) is 0 Å². The third kappa shape index (κ3) is 2.45. The van der Waals surface area contributed by atoms with Gasteiger partial charge in [0.05, 0.1) is 19.3 Å². The molecule has 1 heterocycles. The molecule has 11 heavy (non-hydrogen) atoms. The van der Waals surface area contributed by atoms with Crippen molar-refractivity contribution < 1.29 is 14.9 Å². The van der Waals surface area contributed by atoms with Crippen molar-refractivity contribution in [1.29, 1.82) is 0 Å². The van der Waals surface area contributed by atoms with Gasteiger partial charge in [0.2, 0.25) is 0 Å². The highest BCUT2D eigenvalue weighted by Crippen LogP contribution is 2.04. The van der Waals surface area contributed by atoms with E-state index in [1.54, 1.807) is 6.82 Å². The van der Waals surface area contributed by atoms with E-state index in [0.717, 1.165) is 6.54 Å². The number of hydrogen-bond donors (Lipinski definition) is 2. The van der Waals surface area contributed by atoms with Gasteiger partial charge in [0.25, 0.3) is 0 Å². The van der Waals surface area contributed by atoms with Gasteiger partial charge in [-0.15, -0.1) is 0 Å². The van der Waals surface area contributed by atoms with Gasteiger partial charge in [-0.1, -0.05) is 0 Å². The minimum Gasteiger partial charge on any atom is -0.437 e. The van der Waals surface area contributed by atoms with Gasteiger partial charge in [-0.05, 0) is 6.82 Å².